The van der Waals surface area contributed by atoms with E-state index in [1.165, 1.54) is 10.4 Å². The normalized spacial score (nSPS) is 11.8. The van der Waals surface area contributed by atoms with Crippen molar-refractivity contribution in [2.24, 2.45) is 0 Å². The number of benzene rings is 2. The summed E-state index contributed by atoms with van der Waals surface area (Å²) in [4.78, 5) is 0. The molecule has 0 aliphatic carbocycles. The van der Waals surface area contributed by atoms with Crippen LogP contribution in [0.4, 0.5) is 0 Å². The van der Waals surface area contributed by atoms with E-state index in [1.807, 2.05) is 12.1 Å². The lowest BCUT2D eigenvalue weighted by molar-refractivity contribution is 0.442. The van der Waals surface area contributed by atoms with Gasteiger partial charge in [-0.2, -0.15) is 0 Å². The summed E-state index contributed by atoms with van der Waals surface area (Å²) in [6.45, 7) is 6.40. The molecular weight excluding hydrogens is 296 g/mol. The fourth-order valence-corrected chi connectivity index (χ4v) is 9.64. The van der Waals surface area contributed by atoms with Gasteiger partial charge in [0.25, 0.3) is 0 Å². The smallest absolute Gasteiger partial charge is 0.386 e. The molecular formula is C15H19O2Si3. The zero-order valence-corrected chi connectivity index (χ0v) is 15.1. The van der Waals surface area contributed by atoms with E-state index in [-0.39, 0.29) is 0 Å². The third-order valence-corrected chi connectivity index (χ3v) is 9.84. The van der Waals surface area contributed by atoms with Gasteiger partial charge >= 0.3 is 8.56 Å². The zero-order valence-electron chi connectivity index (χ0n) is 12.1. The second-order valence-corrected chi connectivity index (χ2v) is 10.9. The average molecular weight is 316 g/mol. The van der Waals surface area contributed by atoms with E-state index in [4.69, 9.17) is 8.23 Å². The largest absolute Gasteiger partial charge is 0.430 e. The van der Waals surface area contributed by atoms with Crippen molar-refractivity contribution in [2.45, 2.75) is 19.6 Å². The Hall–Kier alpha value is -0.989. The van der Waals surface area contributed by atoms with Gasteiger partial charge in [-0.1, -0.05) is 60.7 Å². The summed E-state index contributed by atoms with van der Waals surface area (Å²) in [5, 5.41) is 2.37. The van der Waals surface area contributed by atoms with E-state index in [0.29, 0.717) is 9.76 Å². The van der Waals surface area contributed by atoms with Crippen LogP contribution in [0.3, 0.4) is 0 Å². The summed E-state index contributed by atoms with van der Waals surface area (Å²) in [6.07, 6.45) is 0. The first kappa shape index (κ1) is 15.4. The highest BCUT2D eigenvalue weighted by atomic mass is 28.4. The maximum atomic E-state index is 6.48. The Balaban J connectivity index is 2.56. The molecule has 0 unspecified atom stereocenters. The van der Waals surface area contributed by atoms with Gasteiger partial charge in [0.15, 0.2) is 9.04 Å². The third-order valence-electron chi connectivity index (χ3n) is 2.90. The fourth-order valence-electron chi connectivity index (χ4n) is 2.17. The Labute approximate surface area is 126 Å². The van der Waals surface area contributed by atoms with Crippen LogP contribution in [0.1, 0.15) is 0 Å². The Kier molecular flexibility index (Phi) is 5.50. The third kappa shape index (κ3) is 3.36. The van der Waals surface area contributed by atoms with Crippen LogP contribution in [0.5, 0.6) is 0 Å². The van der Waals surface area contributed by atoms with Crippen molar-refractivity contribution in [2.75, 3.05) is 0 Å². The van der Waals surface area contributed by atoms with Crippen molar-refractivity contribution in [3.63, 3.8) is 0 Å². The topological polar surface area (TPSA) is 18.5 Å². The molecule has 3 radical (unpaired) electrons. The monoisotopic (exact) mass is 315 g/mol. The van der Waals surface area contributed by atoms with Crippen LogP contribution in [0, 0.1) is 0 Å². The van der Waals surface area contributed by atoms with Crippen LogP contribution in [-0.4, -0.2) is 27.4 Å². The van der Waals surface area contributed by atoms with Crippen molar-refractivity contribution >= 4 is 37.7 Å². The van der Waals surface area contributed by atoms with Gasteiger partial charge in [-0.25, -0.2) is 0 Å². The van der Waals surface area contributed by atoms with E-state index in [0.717, 1.165) is 0 Å². The fraction of sp³-hybridized carbons (Fsp3) is 0.200. The van der Waals surface area contributed by atoms with Gasteiger partial charge in [0.05, 0.1) is 0 Å². The number of hydrogen-bond acceptors (Lipinski definition) is 2. The molecule has 103 valence electrons. The van der Waals surface area contributed by atoms with E-state index >= 15 is 0 Å². The predicted molar refractivity (Wildman–Crippen MR) is 89.2 cm³/mol. The van der Waals surface area contributed by atoms with Crippen LogP contribution < -0.4 is 10.4 Å². The van der Waals surface area contributed by atoms with Gasteiger partial charge in [0.1, 0.15) is 0 Å². The lowest BCUT2D eigenvalue weighted by atomic mass is 10.4. The maximum Gasteiger partial charge on any atom is 0.386 e. The molecule has 0 saturated heterocycles. The van der Waals surface area contributed by atoms with Crippen molar-refractivity contribution in [1.82, 2.24) is 0 Å². The lowest BCUT2D eigenvalue weighted by Gasteiger charge is -2.33. The van der Waals surface area contributed by atoms with Crippen LogP contribution >= 0.6 is 0 Å². The van der Waals surface area contributed by atoms with Crippen LogP contribution in [0.25, 0.3) is 0 Å². The summed E-state index contributed by atoms with van der Waals surface area (Å²) in [5.41, 5.74) is 0. The molecule has 0 fully saturated rings. The molecule has 0 N–H and O–H groups in total. The quantitative estimate of drug-likeness (QED) is 0.761. The van der Waals surface area contributed by atoms with Crippen molar-refractivity contribution in [3.05, 3.63) is 60.7 Å². The second-order valence-electron chi connectivity index (χ2n) is 4.67. The summed E-state index contributed by atoms with van der Waals surface area (Å²) < 4.78 is 12.8. The van der Waals surface area contributed by atoms with Gasteiger partial charge < -0.3 is 8.23 Å². The summed E-state index contributed by atoms with van der Waals surface area (Å²) in [7, 11) is -3.01. The minimum Gasteiger partial charge on any atom is -0.430 e. The van der Waals surface area contributed by atoms with Gasteiger partial charge in [-0.3, -0.25) is 0 Å². The molecule has 0 aliphatic rings. The Bertz CT molecular complexity index is 478. The van der Waals surface area contributed by atoms with Gasteiger partial charge in [-0.15, -0.1) is 0 Å². The van der Waals surface area contributed by atoms with E-state index in [2.05, 4.69) is 68.2 Å². The Morgan fingerprint density at radius 2 is 1.30 bits per heavy atom. The molecule has 0 spiro atoms. The molecule has 2 nitrogen and oxygen atoms in total. The Morgan fingerprint density at radius 1 is 0.850 bits per heavy atom. The molecule has 0 atom stereocenters. The highest BCUT2D eigenvalue weighted by molar-refractivity contribution is 6.97. The first-order valence-corrected chi connectivity index (χ1v) is 12.3. The molecule has 20 heavy (non-hydrogen) atoms. The molecule has 2 rings (SSSR count). The molecule has 2 aromatic rings. The van der Waals surface area contributed by atoms with E-state index in [1.54, 1.807) is 0 Å². The minimum atomic E-state index is -2.55. The first-order valence-electron chi connectivity index (χ1n) is 6.64. The zero-order chi connectivity index (χ0) is 14.4. The highest BCUT2D eigenvalue weighted by Gasteiger charge is 2.42. The first-order chi connectivity index (χ1) is 9.69. The van der Waals surface area contributed by atoms with Crippen molar-refractivity contribution < 1.29 is 8.23 Å². The molecule has 0 saturated carbocycles. The average Bonchev–Trinajstić information content (AvgIpc) is 2.48. The molecule has 0 aliphatic heterocycles. The standard InChI is InChI=1S/C15H19O2Si3/c1-18-16-20(17-19(2)3,14-10-6-4-7-11-14)15-12-8-5-9-13-15/h4-13H,1-3H3. The second kappa shape index (κ2) is 7.14. The predicted octanol–water partition coefficient (Wildman–Crippen LogP) is 2.19. The number of hydrogen-bond donors (Lipinski definition) is 0. The SMILES string of the molecule is C[Si]O[Si](O[Si](C)C)(c1ccccc1)c1ccccc1. The van der Waals surface area contributed by atoms with E-state index < -0.39 is 17.6 Å². The lowest BCUT2D eigenvalue weighted by Crippen LogP contribution is -2.65. The molecule has 5 heteroatoms. The molecule has 0 amide bonds. The van der Waals surface area contributed by atoms with E-state index in [9.17, 15) is 0 Å². The summed E-state index contributed by atoms with van der Waals surface area (Å²) in [6, 6.07) is 20.8. The molecule has 0 heterocycles. The van der Waals surface area contributed by atoms with Crippen molar-refractivity contribution in [3.8, 4) is 0 Å². The summed E-state index contributed by atoms with van der Waals surface area (Å²) >= 11 is 0. The molecule has 2 aromatic carbocycles. The highest BCUT2D eigenvalue weighted by Crippen LogP contribution is 2.11. The Morgan fingerprint density at radius 3 is 1.65 bits per heavy atom. The van der Waals surface area contributed by atoms with Crippen molar-refractivity contribution in [1.29, 1.82) is 0 Å². The molecule has 0 aromatic heterocycles. The molecule has 0 bridgehead atoms. The van der Waals surface area contributed by atoms with Gasteiger partial charge in [0, 0.05) is 0 Å². The maximum absolute atomic E-state index is 6.48. The van der Waals surface area contributed by atoms with Gasteiger partial charge in [-0.05, 0) is 30.0 Å². The van der Waals surface area contributed by atoms with Gasteiger partial charge in [0.2, 0.25) is 9.76 Å². The summed E-state index contributed by atoms with van der Waals surface area (Å²) in [5.74, 6) is 0. The number of rotatable bonds is 6. The minimum absolute atomic E-state index is 0.413. The van der Waals surface area contributed by atoms with Crippen LogP contribution in [0.15, 0.2) is 60.7 Å². The van der Waals surface area contributed by atoms with Crippen LogP contribution in [0.2, 0.25) is 19.6 Å². The van der Waals surface area contributed by atoms with Crippen LogP contribution in [-0.2, 0) is 8.23 Å².